The Morgan fingerprint density at radius 1 is 1.22 bits per heavy atom. The second-order valence-electron chi connectivity index (χ2n) is 6.31. The van der Waals surface area contributed by atoms with Crippen LogP contribution in [0.25, 0.3) is 10.7 Å². The maximum absolute atomic E-state index is 12.6. The van der Waals surface area contributed by atoms with Crippen LogP contribution >= 0.6 is 11.3 Å². The summed E-state index contributed by atoms with van der Waals surface area (Å²) in [5, 5.41) is 2.73. The predicted octanol–water partition coefficient (Wildman–Crippen LogP) is 3.05. The van der Waals surface area contributed by atoms with E-state index in [9.17, 15) is 4.79 Å². The van der Waals surface area contributed by atoms with Gasteiger partial charge in [0.15, 0.2) is 17.6 Å². The number of fused-ring (bicyclic) bond motifs is 1. The first-order valence-corrected chi connectivity index (χ1v) is 9.55. The maximum atomic E-state index is 12.6. The third-order valence-electron chi connectivity index (χ3n) is 4.24. The van der Waals surface area contributed by atoms with Gasteiger partial charge in [-0.15, -0.1) is 11.3 Å². The lowest BCUT2D eigenvalue weighted by molar-refractivity contribution is -0.130. The highest BCUT2D eigenvalue weighted by Crippen LogP contribution is 2.31. The number of carbonyl (C=O) groups excluding carboxylic acids is 1. The molecule has 1 amide bonds. The second-order valence-corrected chi connectivity index (χ2v) is 7.17. The number of rotatable bonds is 5. The molecule has 0 N–H and O–H groups in total. The number of pyridine rings is 1. The van der Waals surface area contributed by atoms with Crippen molar-refractivity contribution in [2.24, 2.45) is 0 Å². The van der Waals surface area contributed by atoms with Crippen LogP contribution in [0.2, 0.25) is 0 Å². The van der Waals surface area contributed by atoms with Crippen molar-refractivity contribution in [3.63, 3.8) is 0 Å². The second kappa shape index (κ2) is 7.75. The number of aromatic nitrogens is 2. The van der Waals surface area contributed by atoms with E-state index in [1.807, 2.05) is 47.8 Å². The molecule has 0 radical (unpaired) electrons. The lowest BCUT2D eigenvalue weighted by atomic mass is 10.2. The maximum Gasteiger partial charge on any atom is 0.228 e. The Labute approximate surface area is 161 Å². The Hall–Kier alpha value is -2.93. The van der Waals surface area contributed by atoms with Gasteiger partial charge in [-0.05, 0) is 24.3 Å². The van der Waals surface area contributed by atoms with Crippen molar-refractivity contribution in [2.75, 3.05) is 20.2 Å². The van der Waals surface area contributed by atoms with Gasteiger partial charge in [-0.25, -0.2) is 4.98 Å². The number of hydrogen-bond acceptors (Lipinski definition) is 6. The molecule has 0 saturated heterocycles. The van der Waals surface area contributed by atoms with E-state index in [1.54, 1.807) is 18.1 Å². The van der Waals surface area contributed by atoms with Crippen LogP contribution in [0, 0.1) is 0 Å². The molecular formula is C20H19N3O3S. The molecule has 0 aliphatic carbocycles. The summed E-state index contributed by atoms with van der Waals surface area (Å²) in [6.45, 7) is 0.888. The largest absolute Gasteiger partial charge is 0.486 e. The summed E-state index contributed by atoms with van der Waals surface area (Å²) < 4.78 is 11.6. The minimum Gasteiger partial charge on any atom is -0.486 e. The van der Waals surface area contributed by atoms with E-state index in [0.717, 1.165) is 22.1 Å². The topological polar surface area (TPSA) is 64.6 Å². The van der Waals surface area contributed by atoms with Gasteiger partial charge in [0.25, 0.3) is 0 Å². The van der Waals surface area contributed by atoms with E-state index >= 15 is 0 Å². The fourth-order valence-corrected chi connectivity index (χ4v) is 3.64. The van der Waals surface area contributed by atoms with Crippen molar-refractivity contribution >= 4 is 17.2 Å². The Bertz CT molecular complexity index is 929. The summed E-state index contributed by atoms with van der Waals surface area (Å²) in [5.74, 6) is 1.46. The molecule has 3 aromatic rings. The predicted molar refractivity (Wildman–Crippen MR) is 103 cm³/mol. The smallest absolute Gasteiger partial charge is 0.228 e. The number of ether oxygens (including phenoxy) is 2. The summed E-state index contributed by atoms with van der Waals surface area (Å²) in [4.78, 5) is 23.1. The summed E-state index contributed by atoms with van der Waals surface area (Å²) >= 11 is 1.50. The molecule has 6 nitrogen and oxygen atoms in total. The Balaban J connectivity index is 1.34. The van der Waals surface area contributed by atoms with E-state index in [-0.39, 0.29) is 18.4 Å². The number of thiazole rings is 1. The van der Waals surface area contributed by atoms with Crippen LogP contribution in [0.4, 0.5) is 0 Å². The van der Waals surface area contributed by atoms with Crippen LogP contribution in [-0.2, 0) is 11.2 Å². The molecule has 1 unspecified atom stereocenters. The Kier molecular flexibility index (Phi) is 5.02. The van der Waals surface area contributed by atoms with E-state index in [4.69, 9.17) is 9.47 Å². The van der Waals surface area contributed by atoms with Gasteiger partial charge in [-0.1, -0.05) is 18.2 Å². The van der Waals surface area contributed by atoms with Crippen LogP contribution in [0.1, 0.15) is 5.69 Å². The first-order valence-electron chi connectivity index (χ1n) is 8.67. The Morgan fingerprint density at radius 3 is 2.85 bits per heavy atom. The highest BCUT2D eigenvalue weighted by atomic mass is 32.1. The highest BCUT2D eigenvalue weighted by Gasteiger charge is 2.24. The van der Waals surface area contributed by atoms with Gasteiger partial charge in [0.1, 0.15) is 11.6 Å². The number of nitrogens with zero attached hydrogens (tertiary/aromatic N) is 3. The minimum absolute atomic E-state index is 0.00432. The number of carbonyl (C=O) groups is 1. The monoisotopic (exact) mass is 381 g/mol. The number of para-hydroxylation sites is 2. The average molecular weight is 381 g/mol. The number of likely N-dealkylation sites (N-methyl/N-ethyl adjacent to an activating group) is 1. The third kappa shape index (κ3) is 4.09. The standard InChI is InChI=1S/C20H19N3O3S/c1-23(11-15-12-25-17-7-2-3-8-18(17)26-15)19(24)10-14-13-27-20(22-14)16-6-4-5-9-21-16/h2-9,13,15H,10-12H2,1H3. The zero-order valence-electron chi connectivity index (χ0n) is 14.9. The molecular weight excluding hydrogens is 362 g/mol. The van der Waals surface area contributed by atoms with Crippen molar-refractivity contribution in [3.8, 4) is 22.2 Å². The molecule has 2 aromatic heterocycles. The summed E-state index contributed by atoms with van der Waals surface area (Å²) in [6, 6.07) is 13.3. The van der Waals surface area contributed by atoms with Crippen LogP contribution in [-0.4, -0.2) is 47.1 Å². The fourth-order valence-electron chi connectivity index (χ4n) is 2.85. The van der Waals surface area contributed by atoms with Gasteiger partial charge >= 0.3 is 0 Å². The quantitative estimate of drug-likeness (QED) is 0.680. The molecule has 27 heavy (non-hydrogen) atoms. The molecule has 1 atom stereocenters. The highest BCUT2D eigenvalue weighted by molar-refractivity contribution is 7.13. The van der Waals surface area contributed by atoms with Crippen molar-refractivity contribution < 1.29 is 14.3 Å². The van der Waals surface area contributed by atoms with Crippen molar-refractivity contribution in [3.05, 3.63) is 59.7 Å². The van der Waals surface area contributed by atoms with Crippen molar-refractivity contribution in [2.45, 2.75) is 12.5 Å². The number of amides is 1. The minimum atomic E-state index is -0.187. The first kappa shape index (κ1) is 17.5. The molecule has 0 bridgehead atoms. The lowest BCUT2D eigenvalue weighted by Gasteiger charge is -2.29. The molecule has 1 aromatic carbocycles. The van der Waals surface area contributed by atoms with Gasteiger partial charge in [-0.3, -0.25) is 9.78 Å². The van der Waals surface area contributed by atoms with Crippen LogP contribution in [0.15, 0.2) is 54.0 Å². The molecule has 138 valence electrons. The van der Waals surface area contributed by atoms with E-state index < -0.39 is 0 Å². The fraction of sp³-hybridized carbons (Fsp3) is 0.250. The Morgan fingerprint density at radius 2 is 2.04 bits per heavy atom. The lowest BCUT2D eigenvalue weighted by Crippen LogP contribution is -2.42. The average Bonchev–Trinajstić information content (AvgIpc) is 3.17. The van der Waals surface area contributed by atoms with E-state index in [1.165, 1.54) is 11.3 Å². The zero-order chi connectivity index (χ0) is 18.6. The summed E-state index contributed by atoms with van der Waals surface area (Å²) in [6.07, 6.45) is 1.80. The molecule has 7 heteroatoms. The van der Waals surface area contributed by atoms with Crippen molar-refractivity contribution in [1.82, 2.24) is 14.9 Å². The molecule has 1 aliphatic rings. The number of hydrogen-bond donors (Lipinski definition) is 0. The van der Waals surface area contributed by atoms with Gasteiger partial charge in [0.05, 0.1) is 24.4 Å². The van der Waals surface area contributed by atoms with Crippen molar-refractivity contribution in [1.29, 1.82) is 0 Å². The van der Waals surface area contributed by atoms with Gasteiger partial charge in [-0.2, -0.15) is 0 Å². The van der Waals surface area contributed by atoms with Crippen LogP contribution < -0.4 is 9.47 Å². The normalized spacial score (nSPS) is 15.4. The van der Waals surface area contributed by atoms with E-state index in [2.05, 4.69) is 9.97 Å². The third-order valence-corrected chi connectivity index (χ3v) is 5.15. The SMILES string of the molecule is CN(CC1COc2ccccc2O1)C(=O)Cc1csc(-c2ccccn2)n1. The molecule has 1 aliphatic heterocycles. The van der Waals surface area contributed by atoms with Gasteiger partial charge < -0.3 is 14.4 Å². The van der Waals surface area contributed by atoms with Gasteiger partial charge in [0, 0.05) is 18.6 Å². The molecule has 3 heterocycles. The molecule has 0 spiro atoms. The zero-order valence-corrected chi connectivity index (χ0v) is 15.7. The molecule has 0 saturated carbocycles. The molecule has 4 rings (SSSR count). The molecule has 0 fully saturated rings. The number of benzene rings is 1. The summed E-state index contributed by atoms with van der Waals surface area (Å²) in [5.41, 5.74) is 1.57. The summed E-state index contributed by atoms with van der Waals surface area (Å²) in [7, 11) is 1.78. The van der Waals surface area contributed by atoms with E-state index in [0.29, 0.717) is 18.9 Å². The van der Waals surface area contributed by atoms with Crippen LogP contribution in [0.3, 0.4) is 0 Å². The van der Waals surface area contributed by atoms with Crippen LogP contribution in [0.5, 0.6) is 11.5 Å². The first-order chi connectivity index (χ1) is 13.2. The van der Waals surface area contributed by atoms with Gasteiger partial charge in [0.2, 0.25) is 5.91 Å².